The number of nitrogens with two attached hydrogens (primary N) is 1. The van der Waals surface area contributed by atoms with Crippen LogP contribution in [0.15, 0.2) is 28.2 Å². The number of anilines is 1. The van der Waals surface area contributed by atoms with Crippen molar-refractivity contribution in [2.45, 2.75) is 17.8 Å². The second-order valence-electron chi connectivity index (χ2n) is 5.23. The zero-order valence-corrected chi connectivity index (χ0v) is 14.8. The third-order valence-corrected chi connectivity index (χ3v) is 4.31. The highest BCUT2D eigenvalue weighted by Gasteiger charge is 2.18. The number of nitrogens with one attached hydrogen (secondary N) is 1. The Morgan fingerprint density at radius 1 is 1.30 bits per heavy atom. The van der Waals surface area contributed by atoms with E-state index in [9.17, 15) is 18.4 Å². The standard InChI is InChI=1S/C16H13F2N5O3S/c1-2-26-15(25)11-14(24)22-13-10(20-11)12(19)21-16(23-13)27-6-7-4-3-5-8(17)9(7)18/h3-5H,2,6H2,1H3,(H3,19,21,22,23,24). The fourth-order valence-corrected chi connectivity index (χ4v) is 3.01. The molecule has 0 saturated heterocycles. The number of aromatic amines is 1. The number of halogens is 2. The number of nitrogen functional groups attached to an aromatic ring is 1. The summed E-state index contributed by atoms with van der Waals surface area (Å²) in [6.07, 6.45) is 0. The van der Waals surface area contributed by atoms with Gasteiger partial charge in [0, 0.05) is 11.3 Å². The molecule has 0 amide bonds. The highest BCUT2D eigenvalue weighted by molar-refractivity contribution is 7.98. The van der Waals surface area contributed by atoms with Crippen LogP contribution in [0.5, 0.6) is 0 Å². The molecule has 3 rings (SSSR count). The van der Waals surface area contributed by atoms with Crippen LogP contribution in [0.3, 0.4) is 0 Å². The van der Waals surface area contributed by atoms with Gasteiger partial charge in [0.25, 0.3) is 5.56 Å². The van der Waals surface area contributed by atoms with Crippen LogP contribution in [0.1, 0.15) is 23.0 Å². The summed E-state index contributed by atoms with van der Waals surface area (Å²) in [5.74, 6) is -2.82. The molecule has 0 bridgehead atoms. The van der Waals surface area contributed by atoms with Crippen LogP contribution in [0.2, 0.25) is 0 Å². The number of rotatable bonds is 5. The van der Waals surface area contributed by atoms with Crippen molar-refractivity contribution >= 4 is 34.7 Å². The summed E-state index contributed by atoms with van der Waals surface area (Å²) in [6, 6.07) is 3.85. The van der Waals surface area contributed by atoms with Crippen molar-refractivity contribution in [2.24, 2.45) is 0 Å². The number of esters is 1. The Bertz CT molecular complexity index is 1090. The monoisotopic (exact) mass is 393 g/mol. The molecule has 0 aliphatic carbocycles. The minimum atomic E-state index is -0.952. The van der Waals surface area contributed by atoms with Gasteiger partial charge in [-0.3, -0.25) is 4.79 Å². The second-order valence-corrected chi connectivity index (χ2v) is 6.17. The first kappa shape index (κ1) is 18.7. The number of thioether (sulfide) groups is 1. The van der Waals surface area contributed by atoms with Crippen LogP contribution >= 0.6 is 11.8 Å². The molecule has 11 heteroatoms. The van der Waals surface area contributed by atoms with Gasteiger partial charge >= 0.3 is 5.97 Å². The predicted molar refractivity (Wildman–Crippen MR) is 94.2 cm³/mol. The third-order valence-electron chi connectivity index (χ3n) is 3.42. The molecule has 0 fully saturated rings. The predicted octanol–water partition coefficient (Wildman–Crippen LogP) is 2.04. The summed E-state index contributed by atoms with van der Waals surface area (Å²) in [5.41, 5.74) is 4.77. The van der Waals surface area contributed by atoms with E-state index in [2.05, 4.69) is 19.9 Å². The van der Waals surface area contributed by atoms with Gasteiger partial charge in [0.05, 0.1) is 6.61 Å². The van der Waals surface area contributed by atoms with Crippen molar-refractivity contribution in [1.29, 1.82) is 0 Å². The molecular weight excluding hydrogens is 380 g/mol. The molecule has 0 unspecified atom stereocenters. The summed E-state index contributed by atoms with van der Waals surface area (Å²) >= 11 is 1.000. The van der Waals surface area contributed by atoms with E-state index in [-0.39, 0.29) is 40.1 Å². The number of nitrogens with zero attached hydrogens (tertiary/aromatic N) is 3. The number of ether oxygens (including phenoxy) is 1. The SMILES string of the molecule is CCOC(=O)c1nc2c(N)nc(SCc3cccc(F)c3F)nc2[nH]c1=O. The number of benzene rings is 1. The minimum Gasteiger partial charge on any atom is -0.461 e. The Balaban J connectivity index is 1.92. The lowest BCUT2D eigenvalue weighted by atomic mass is 10.2. The second kappa shape index (κ2) is 7.66. The van der Waals surface area contributed by atoms with E-state index < -0.39 is 28.9 Å². The van der Waals surface area contributed by atoms with Crippen LogP contribution in [0.4, 0.5) is 14.6 Å². The van der Waals surface area contributed by atoms with Crippen molar-refractivity contribution in [3.05, 3.63) is 51.4 Å². The van der Waals surface area contributed by atoms with Crippen molar-refractivity contribution in [1.82, 2.24) is 19.9 Å². The van der Waals surface area contributed by atoms with Gasteiger partial charge in [0.1, 0.15) is 5.52 Å². The Kier molecular flexibility index (Phi) is 5.31. The summed E-state index contributed by atoms with van der Waals surface area (Å²) in [7, 11) is 0. The van der Waals surface area contributed by atoms with Crippen LogP contribution in [-0.4, -0.2) is 32.5 Å². The highest BCUT2D eigenvalue weighted by Crippen LogP contribution is 2.24. The van der Waals surface area contributed by atoms with E-state index in [1.165, 1.54) is 12.1 Å². The number of carbonyl (C=O) groups excluding carboxylic acids is 1. The van der Waals surface area contributed by atoms with Gasteiger partial charge in [-0.15, -0.1) is 0 Å². The average molecular weight is 393 g/mol. The number of hydrogen-bond donors (Lipinski definition) is 2. The molecule has 140 valence electrons. The molecule has 0 aliphatic rings. The summed E-state index contributed by atoms with van der Waals surface area (Å²) < 4.78 is 31.7. The Morgan fingerprint density at radius 2 is 2.07 bits per heavy atom. The molecular formula is C16H13F2N5O3S. The first-order valence-electron chi connectivity index (χ1n) is 7.71. The smallest absolute Gasteiger partial charge is 0.362 e. The number of H-pyrrole nitrogens is 1. The minimum absolute atomic E-state index is 0.0164. The molecule has 0 aliphatic heterocycles. The lowest BCUT2D eigenvalue weighted by molar-refractivity contribution is 0.0517. The molecule has 0 radical (unpaired) electrons. The van der Waals surface area contributed by atoms with Gasteiger partial charge in [-0.1, -0.05) is 23.9 Å². The largest absolute Gasteiger partial charge is 0.461 e. The van der Waals surface area contributed by atoms with E-state index in [4.69, 9.17) is 10.5 Å². The van der Waals surface area contributed by atoms with Crippen molar-refractivity contribution in [3.8, 4) is 0 Å². The van der Waals surface area contributed by atoms with E-state index >= 15 is 0 Å². The van der Waals surface area contributed by atoms with Crippen LogP contribution in [0.25, 0.3) is 11.2 Å². The maximum Gasteiger partial charge on any atom is 0.362 e. The molecule has 8 nitrogen and oxygen atoms in total. The number of hydrogen-bond acceptors (Lipinski definition) is 8. The highest BCUT2D eigenvalue weighted by atomic mass is 32.2. The van der Waals surface area contributed by atoms with Gasteiger partial charge in [0.15, 0.2) is 28.3 Å². The molecule has 0 spiro atoms. The fraction of sp³-hybridized carbons (Fsp3) is 0.188. The Morgan fingerprint density at radius 3 is 2.81 bits per heavy atom. The summed E-state index contributed by atoms with van der Waals surface area (Å²) in [6.45, 7) is 1.67. The van der Waals surface area contributed by atoms with Crippen LogP contribution in [-0.2, 0) is 10.5 Å². The normalized spacial score (nSPS) is 10.9. The Hall–Kier alpha value is -3.08. The fourth-order valence-electron chi connectivity index (χ4n) is 2.18. The van der Waals surface area contributed by atoms with E-state index in [0.29, 0.717) is 0 Å². The van der Waals surface area contributed by atoms with Gasteiger partial charge in [-0.05, 0) is 13.0 Å². The molecule has 27 heavy (non-hydrogen) atoms. The zero-order chi connectivity index (χ0) is 19.6. The van der Waals surface area contributed by atoms with Gasteiger partial charge in [0.2, 0.25) is 5.69 Å². The lowest BCUT2D eigenvalue weighted by Gasteiger charge is -2.07. The number of aromatic nitrogens is 4. The van der Waals surface area contributed by atoms with Crippen molar-refractivity contribution in [2.75, 3.05) is 12.3 Å². The molecule has 0 saturated carbocycles. The van der Waals surface area contributed by atoms with E-state index in [1.54, 1.807) is 6.92 Å². The first-order chi connectivity index (χ1) is 12.9. The molecule has 1 aromatic carbocycles. The Labute approximate surface area is 155 Å². The molecule has 0 atom stereocenters. The number of fused-ring (bicyclic) bond motifs is 1. The number of carbonyl (C=O) groups is 1. The average Bonchev–Trinajstić information content (AvgIpc) is 2.62. The van der Waals surface area contributed by atoms with Crippen LogP contribution in [0, 0.1) is 11.6 Å². The molecule has 3 aromatic rings. The molecule has 2 heterocycles. The van der Waals surface area contributed by atoms with Gasteiger partial charge in [-0.25, -0.2) is 28.5 Å². The van der Waals surface area contributed by atoms with Crippen LogP contribution < -0.4 is 11.3 Å². The van der Waals surface area contributed by atoms with Crippen molar-refractivity contribution in [3.63, 3.8) is 0 Å². The topological polar surface area (TPSA) is 124 Å². The van der Waals surface area contributed by atoms with Gasteiger partial charge in [-0.2, -0.15) is 0 Å². The quantitative estimate of drug-likeness (QED) is 0.383. The maximum absolute atomic E-state index is 13.7. The third kappa shape index (κ3) is 3.87. The lowest BCUT2D eigenvalue weighted by Crippen LogP contribution is -2.23. The van der Waals surface area contributed by atoms with E-state index in [0.717, 1.165) is 17.8 Å². The first-order valence-corrected chi connectivity index (χ1v) is 8.69. The molecule has 3 N–H and O–H groups in total. The van der Waals surface area contributed by atoms with E-state index in [1.807, 2.05) is 0 Å². The summed E-state index contributed by atoms with van der Waals surface area (Å²) in [5, 5.41) is 0.130. The van der Waals surface area contributed by atoms with Gasteiger partial charge < -0.3 is 15.5 Å². The van der Waals surface area contributed by atoms with Crippen molar-refractivity contribution < 1.29 is 18.3 Å². The summed E-state index contributed by atoms with van der Waals surface area (Å²) in [4.78, 5) is 38.2. The molecule has 2 aromatic heterocycles. The zero-order valence-electron chi connectivity index (χ0n) is 14.0. The maximum atomic E-state index is 13.7.